The van der Waals surface area contributed by atoms with Gasteiger partial charge in [-0.15, -0.1) is 0 Å². The molecule has 0 spiro atoms. The second-order valence-electron chi connectivity index (χ2n) is 5.44. The third-order valence-electron chi connectivity index (χ3n) is 4.07. The van der Waals surface area contributed by atoms with Gasteiger partial charge in [0.2, 0.25) is 5.91 Å². The van der Waals surface area contributed by atoms with E-state index in [-0.39, 0.29) is 11.6 Å². The zero-order valence-electron chi connectivity index (χ0n) is 11.6. The Labute approximate surface area is 118 Å². The Morgan fingerprint density at radius 2 is 2.05 bits per heavy atom. The van der Waals surface area contributed by atoms with Gasteiger partial charge in [0.1, 0.15) is 5.82 Å². The van der Waals surface area contributed by atoms with Crippen LogP contribution in [0.5, 0.6) is 0 Å². The Bertz CT molecular complexity index is 472. The summed E-state index contributed by atoms with van der Waals surface area (Å²) in [6.07, 6.45) is 5.97. The van der Waals surface area contributed by atoms with Crippen molar-refractivity contribution in [3.8, 4) is 0 Å². The largest absolute Gasteiger partial charge is 0.378 e. The molecule has 0 saturated heterocycles. The maximum absolute atomic E-state index is 14.0. The summed E-state index contributed by atoms with van der Waals surface area (Å²) in [6, 6.07) is 4.33. The maximum atomic E-state index is 14.0. The van der Waals surface area contributed by atoms with E-state index >= 15 is 0 Å². The molecule has 0 aliphatic heterocycles. The SMILES string of the molecule is NCC(Nc1ccc(C(N)=O)cc1F)C1CCCCC1. The van der Waals surface area contributed by atoms with Crippen LogP contribution >= 0.6 is 0 Å². The first-order valence-corrected chi connectivity index (χ1v) is 7.17. The first-order chi connectivity index (χ1) is 9.61. The Morgan fingerprint density at radius 1 is 1.35 bits per heavy atom. The average molecular weight is 279 g/mol. The van der Waals surface area contributed by atoms with Crippen LogP contribution in [0.3, 0.4) is 0 Å². The van der Waals surface area contributed by atoms with Crippen LogP contribution < -0.4 is 16.8 Å². The predicted octanol–water partition coefficient (Wildman–Crippen LogP) is 2.24. The molecule has 4 nitrogen and oxygen atoms in total. The summed E-state index contributed by atoms with van der Waals surface area (Å²) < 4.78 is 14.0. The Hall–Kier alpha value is -1.62. The van der Waals surface area contributed by atoms with Crippen molar-refractivity contribution >= 4 is 11.6 Å². The first kappa shape index (κ1) is 14.8. The molecule has 1 unspecified atom stereocenters. The van der Waals surface area contributed by atoms with Gasteiger partial charge < -0.3 is 16.8 Å². The number of benzene rings is 1. The van der Waals surface area contributed by atoms with Gasteiger partial charge in [-0.3, -0.25) is 4.79 Å². The minimum absolute atomic E-state index is 0.0734. The second kappa shape index (κ2) is 6.70. The highest BCUT2D eigenvalue weighted by Gasteiger charge is 2.23. The van der Waals surface area contributed by atoms with Crippen molar-refractivity contribution in [2.75, 3.05) is 11.9 Å². The summed E-state index contributed by atoms with van der Waals surface area (Å²) in [5.74, 6) is -0.599. The summed E-state index contributed by atoms with van der Waals surface area (Å²) in [5.41, 5.74) is 11.5. The molecular weight excluding hydrogens is 257 g/mol. The molecule has 1 amide bonds. The number of primary amides is 1. The lowest BCUT2D eigenvalue weighted by Gasteiger charge is -2.31. The van der Waals surface area contributed by atoms with Crippen LogP contribution in [0.15, 0.2) is 18.2 Å². The van der Waals surface area contributed by atoms with E-state index in [1.165, 1.54) is 31.4 Å². The summed E-state index contributed by atoms with van der Waals surface area (Å²) in [4.78, 5) is 11.0. The summed E-state index contributed by atoms with van der Waals surface area (Å²) >= 11 is 0. The van der Waals surface area contributed by atoms with Crippen LogP contribution in [0.2, 0.25) is 0 Å². The number of carbonyl (C=O) groups is 1. The normalized spacial score (nSPS) is 17.7. The Balaban J connectivity index is 2.08. The van der Waals surface area contributed by atoms with Crippen LogP contribution in [-0.2, 0) is 0 Å². The van der Waals surface area contributed by atoms with Crippen molar-refractivity contribution in [1.82, 2.24) is 0 Å². The molecular formula is C15H22FN3O. The average Bonchev–Trinajstić information content (AvgIpc) is 2.46. The molecule has 1 fully saturated rings. The molecule has 0 heterocycles. The van der Waals surface area contributed by atoms with Gasteiger partial charge in [0.05, 0.1) is 5.69 Å². The monoisotopic (exact) mass is 279 g/mol. The number of rotatable bonds is 5. The zero-order valence-corrected chi connectivity index (χ0v) is 11.6. The van der Waals surface area contributed by atoms with Crippen LogP contribution in [0.4, 0.5) is 10.1 Å². The van der Waals surface area contributed by atoms with E-state index in [9.17, 15) is 9.18 Å². The van der Waals surface area contributed by atoms with E-state index in [1.807, 2.05) is 0 Å². The standard InChI is InChI=1S/C15H22FN3O/c16-12-8-11(15(18)20)6-7-13(12)19-14(9-17)10-4-2-1-3-5-10/h6-8,10,14,19H,1-5,9,17H2,(H2,18,20). The molecule has 2 rings (SSSR count). The lowest BCUT2D eigenvalue weighted by molar-refractivity contribution is 0.1000. The summed E-state index contributed by atoms with van der Waals surface area (Å²) in [6.45, 7) is 0.474. The first-order valence-electron chi connectivity index (χ1n) is 7.17. The molecule has 5 heteroatoms. The van der Waals surface area contributed by atoms with E-state index in [0.717, 1.165) is 12.8 Å². The molecule has 0 bridgehead atoms. The van der Waals surface area contributed by atoms with E-state index in [2.05, 4.69) is 5.32 Å². The molecule has 1 atom stereocenters. The lowest BCUT2D eigenvalue weighted by Crippen LogP contribution is -2.37. The molecule has 1 saturated carbocycles. The minimum Gasteiger partial charge on any atom is -0.378 e. The Morgan fingerprint density at radius 3 is 2.60 bits per heavy atom. The molecule has 5 N–H and O–H groups in total. The molecule has 0 aromatic heterocycles. The van der Waals surface area contributed by atoms with Gasteiger partial charge >= 0.3 is 0 Å². The van der Waals surface area contributed by atoms with Gasteiger partial charge in [-0.1, -0.05) is 19.3 Å². The fraction of sp³-hybridized carbons (Fsp3) is 0.533. The van der Waals surface area contributed by atoms with Crippen LogP contribution in [-0.4, -0.2) is 18.5 Å². The predicted molar refractivity (Wildman–Crippen MR) is 78.0 cm³/mol. The van der Waals surface area contributed by atoms with Crippen molar-refractivity contribution in [3.63, 3.8) is 0 Å². The van der Waals surface area contributed by atoms with E-state index in [4.69, 9.17) is 11.5 Å². The van der Waals surface area contributed by atoms with Crippen molar-refractivity contribution in [3.05, 3.63) is 29.6 Å². The fourth-order valence-electron chi connectivity index (χ4n) is 2.89. The van der Waals surface area contributed by atoms with Crippen LogP contribution in [0.1, 0.15) is 42.5 Å². The topological polar surface area (TPSA) is 81.1 Å². The smallest absolute Gasteiger partial charge is 0.248 e. The number of anilines is 1. The quantitative estimate of drug-likeness (QED) is 0.773. The highest BCUT2D eigenvalue weighted by Crippen LogP contribution is 2.28. The van der Waals surface area contributed by atoms with Gasteiger partial charge in [0, 0.05) is 18.2 Å². The number of nitrogens with one attached hydrogen (secondary N) is 1. The number of hydrogen-bond donors (Lipinski definition) is 3. The van der Waals surface area contributed by atoms with Crippen LogP contribution in [0, 0.1) is 11.7 Å². The van der Waals surface area contributed by atoms with Gasteiger partial charge in [-0.05, 0) is 37.0 Å². The van der Waals surface area contributed by atoms with Gasteiger partial charge in [-0.25, -0.2) is 4.39 Å². The maximum Gasteiger partial charge on any atom is 0.248 e. The molecule has 20 heavy (non-hydrogen) atoms. The molecule has 0 radical (unpaired) electrons. The third-order valence-corrected chi connectivity index (χ3v) is 4.07. The number of amides is 1. The highest BCUT2D eigenvalue weighted by molar-refractivity contribution is 5.93. The van der Waals surface area contributed by atoms with E-state index in [0.29, 0.717) is 18.2 Å². The summed E-state index contributed by atoms with van der Waals surface area (Å²) in [5, 5.41) is 3.18. The number of carbonyl (C=O) groups excluding carboxylic acids is 1. The second-order valence-corrected chi connectivity index (χ2v) is 5.44. The lowest BCUT2D eigenvalue weighted by atomic mass is 9.84. The van der Waals surface area contributed by atoms with Gasteiger partial charge in [0.15, 0.2) is 0 Å². The van der Waals surface area contributed by atoms with Crippen molar-refractivity contribution < 1.29 is 9.18 Å². The third kappa shape index (κ3) is 3.48. The number of hydrogen-bond acceptors (Lipinski definition) is 3. The van der Waals surface area contributed by atoms with Crippen molar-refractivity contribution in [2.24, 2.45) is 17.4 Å². The van der Waals surface area contributed by atoms with Crippen LogP contribution in [0.25, 0.3) is 0 Å². The summed E-state index contributed by atoms with van der Waals surface area (Å²) in [7, 11) is 0. The highest BCUT2D eigenvalue weighted by atomic mass is 19.1. The minimum atomic E-state index is -0.627. The van der Waals surface area contributed by atoms with Crippen molar-refractivity contribution in [1.29, 1.82) is 0 Å². The number of nitrogens with two attached hydrogens (primary N) is 2. The molecule has 1 aliphatic carbocycles. The van der Waals surface area contributed by atoms with Gasteiger partial charge in [0.25, 0.3) is 0 Å². The number of halogens is 1. The van der Waals surface area contributed by atoms with Crippen molar-refractivity contribution in [2.45, 2.75) is 38.1 Å². The van der Waals surface area contributed by atoms with Gasteiger partial charge in [-0.2, -0.15) is 0 Å². The fourth-order valence-corrected chi connectivity index (χ4v) is 2.89. The molecule has 1 aliphatic rings. The molecule has 110 valence electrons. The zero-order chi connectivity index (χ0) is 14.5. The molecule has 1 aromatic rings. The molecule has 1 aromatic carbocycles. The van der Waals surface area contributed by atoms with E-state index < -0.39 is 11.7 Å². The Kier molecular flexibility index (Phi) is 4.95. The van der Waals surface area contributed by atoms with E-state index in [1.54, 1.807) is 6.07 Å².